The maximum Gasteiger partial charge on any atom is 0.269 e. The summed E-state index contributed by atoms with van der Waals surface area (Å²) >= 11 is 1.36. The van der Waals surface area contributed by atoms with Crippen molar-refractivity contribution < 1.29 is 18.7 Å². The number of hydrazine groups is 1. The minimum atomic E-state index is -0.392. The van der Waals surface area contributed by atoms with Crippen LogP contribution in [-0.2, 0) is 17.8 Å². The third-order valence-electron chi connectivity index (χ3n) is 4.69. The molecule has 0 radical (unpaired) electrons. The van der Waals surface area contributed by atoms with Crippen molar-refractivity contribution in [2.75, 3.05) is 18.0 Å². The van der Waals surface area contributed by atoms with E-state index in [1.807, 2.05) is 12.1 Å². The average molecular weight is 457 g/mol. The second kappa shape index (κ2) is 11.2. The maximum absolute atomic E-state index is 12.9. The van der Waals surface area contributed by atoms with Crippen LogP contribution in [0.15, 0.2) is 53.9 Å². The number of aromatic nitrogens is 1. The Morgan fingerprint density at radius 3 is 2.38 bits per heavy atom. The number of benzene rings is 2. The van der Waals surface area contributed by atoms with Crippen LogP contribution in [0.2, 0.25) is 0 Å². The number of carbonyl (C=O) groups is 2. The van der Waals surface area contributed by atoms with Gasteiger partial charge in [0.25, 0.3) is 5.91 Å². The van der Waals surface area contributed by atoms with Gasteiger partial charge >= 0.3 is 0 Å². The molecular weight excluding hydrogens is 431 g/mol. The van der Waals surface area contributed by atoms with Crippen LogP contribution in [0.4, 0.5) is 10.1 Å². The van der Waals surface area contributed by atoms with E-state index in [2.05, 4.69) is 34.6 Å². The van der Waals surface area contributed by atoms with Gasteiger partial charge in [-0.3, -0.25) is 20.4 Å². The molecule has 9 heteroatoms. The van der Waals surface area contributed by atoms with Gasteiger partial charge in [-0.05, 0) is 62.4 Å². The van der Waals surface area contributed by atoms with Gasteiger partial charge in [-0.25, -0.2) is 9.37 Å². The molecule has 0 unspecified atom stereocenters. The number of nitrogens with zero attached hydrogens (tertiary/aromatic N) is 2. The van der Waals surface area contributed by atoms with Crippen LogP contribution in [0.1, 0.15) is 34.9 Å². The number of amides is 2. The van der Waals surface area contributed by atoms with E-state index in [-0.39, 0.29) is 24.8 Å². The molecule has 7 nitrogen and oxygen atoms in total. The number of hydrogen-bond acceptors (Lipinski definition) is 6. The van der Waals surface area contributed by atoms with E-state index in [1.165, 1.54) is 35.6 Å². The van der Waals surface area contributed by atoms with Gasteiger partial charge in [0.15, 0.2) is 0 Å². The fourth-order valence-electron chi connectivity index (χ4n) is 2.99. The monoisotopic (exact) mass is 456 g/mol. The second-order valence-corrected chi connectivity index (χ2v) is 7.82. The summed E-state index contributed by atoms with van der Waals surface area (Å²) in [6.45, 7) is 6.13. The van der Waals surface area contributed by atoms with Crippen molar-refractivity contribution in [1.82, 2.24) is 15.8 Å². The van der Waals surface area contributed by atoms with Crippen LogP contribution >= 0.6 is 11.3 Å². The molecule has 0 spiro atoms. The second-order valence-electron chi connectivity index (χ2n) is 6.87. The molecule has 0 bridgehead atoms. The van der Waals surface area contributed by atoms with Gasteiger partial charge in [0.2, 0.25) is 5.91 Å². The predicted molar refractivity (Wildman–Crippen MR) is 122 cm³/mol. The molecule has 0 aliphatic rings. The summed E-state index contributed by atoms with van der Waals surface area (Å²) in [4.78, 5) is 31.0. The lowest BCUT2D eigenvalue weighted by Crippen LogP contribution is -2.42. The third-order valence-corrected chi connectivity index (χ3v) is 5.56. The number of halogens is 1. The van der Waals surface area contributed by atoms with E-state index in [9.17, 15) is 14.0 Å². The number of anilines is 1. The standard InChI is InChI=1S/C23H25FN4O3S/c1-3-28(4-2)19-9-5-16(6-10-19)23(30)27-26-21(29)13-18-15-32-22(25-18)14-31-20-11-7-17(24)8-12-20/h5-12,15H,3-4,13-14H2,1-2H3,(H,26,29)(H,27,30). The Labute approximate surface area is 190 Å². The molecule has 2 N–H and O–H groups in total. The van der Waals surface area contributed by atoms with Gasteiger partial charge in [0, 0.05) is 29.7 Å². The van der Waals surface area contributed by atoms with Crippen molar-refractivity contribution in [2.24, 2.45) is 0 Å². The molecule has 2 aromatic carbocycles. The summed E-state index contributed by atoms with van der Waals surface area (Å²) in [6, 6.07) is 12.9. The first kappa shape index (κ1) is 23.2. The normalized spacial score (nSPS) is 10.5. The molecule has 0 saturated heterocycles. The fraction of sp³-hybridized carbons (Fsp3) is 0.261. The molecule has 1 heterocycles. The number of rotatable bonds is 9. The molecule has 0 aliphatic heterocycles. The van der Waals surface area contributed by atoms with Crippen molar-refractivity contribution >= 4 is 28.8 Å². The molecule has 0 atom stereocenters. The SMILES string of the molecule is CCN(CC)c1ccc(C(=O)NNC(=O)Cc2csc(COc3ccc(F)cc3)n2)cc1. The summed E-state index contributed by atoms with van der Waals surface area (Å²) in [5, 5.41) is 2.45. The minimum absolute atomic E-state index is 0.0220. The molecule has 168 valence electrons. The first-order valence-corrected chi connectivity index (χ1v) is 11.1. The Morgan fingerprint density at radius 2 is 1.72 bits per heavy atom. The van der Waals surface area contributed by atoms with Crippen molar-refractivity contribution in [2.45, 2.75) is 26.9 Å². The molecule has 3 aromatic rings. The van der Waals surface area contributed by atoms with Crippen molar-refractivity contribution in [1.29, 1.82) is 0 Å². The Bertz CT molecular complexity index is 1030. The largest absolute Gasteiger partial charge is 0.486 e. The van der Waals surface area contributed by atoms with E-state index in [0.717, 1.165) is 18.8 Å². The summed E-state index contributed by atoms with van der Waals surface area (Å²) in [5.74, 6) is -0.567. The van der Waals surface area contributed by atoms with Crippen LogP contribution in [0.5, 0.6) is 5.75 Å². The van der Waals surface area contributed by atoms with Gasteiger partial charge < -0.3 is 9.64 Å². The summed E-state index contributed by atoms with van der Waals surface area (Å²) in [5.41, 5.74) is 6.90. The lowest BCUT2D eigenvalue weighted by Gasteiger charge is -2.21. The number of thiazole rings is 1. The lowest BCUT2D eigenvalue weighted by molar-refractivity contribution is -0.121. The summed E-state index contributed by atoms with van der Waals surface area (Å²) in [6.07, 6.45) is 0.0220. The number of nitrogens with one attached hydrogen (secondary N) is 2. The smallest absolute Gasteiger partial charge is 0.269 e. The zero-order valence-corrected chi connectivity index (χ0v) is 18.7. The maximum atomic E-state index is 12.9. The number of carbonyl (C=O) groups excluding carboxylic acids is 2. The van der Waals surface area contributed by atoms with Gasteiger partial charge in [-0.1, -0.05) is 0 Å². The summed E-state index contributed by atoms with van der Waals surface area (Å²) in [7, 11) is 0. The first-order chi connectivity index (χ1) is 15.5. The molecule has 3 rings (SSSR count). The molecule has 2 amide bonds. The Balaban J connectivity index is 1.44. The number of hydrogen-bond donors (Lipinski definition) is 2. The highest BCUT2D eigenvalue weighted by Crippen LogP contribution is 2.17. The van der Waals surface area contributed by atoms with E-state index >= 15 is 0 Å². The molecule has 0 aliphatic carbocycles. The van der Waals surface area contributed by atoms with Crippen LogP contribution in [0.3, 0.4) is 0 Å². The predicted octanol–water partition coefficient (Wildman–Crippen LogP) is 3.71. The Morgan fingerprint density at radius 1 is 1.03 bits per heavy atom. The van der Waals surface area contributed by atoms with Gasteiger partial charge in [0.1, 0.15) is 23.2 Å². The first-order valence-electron chi connectivity index (χ1n) is 10.2. The summed E-state index contributed by atoms with van der Waals surface area (Å²) < 4.78 is 18.5. The van der Waals surface area contributed by atoms with Crippen molar-refractivity contribution in [3.8, 4) is 5.75 Å². The zero-order valence-electron chi connectivity index (χ0n) is 17.9. The molecule has 0 saturated carbocycles. The van der Waals surface area contributed by atoms with Crippen molar-refractivity contribution in [3.05, 3.63) is 76.0 Å². The minimum Gasteiger partial charge on any atom is -0.486 e. The van der Waals surface area contributed by atoms with Crippen LogP contribution in [-0.4, -0.2) is 29.9 Å². The van der Waals surface area contributed by atoms with E-state index in [0.29, 0.717) is 22.0 Å². The van der Waals surface area contributed by atoms with E-state index < -0.39 is 5.91 Å². The average Bonchev–Trinajstić information content (AvgIpc) is 3.25. The van der Waals surface area contributed by atoms with E-state index in [1.54, 1.807) is 17.5 Å². The number of ether oxygens (including phenoxy) is 1. The quantitative estimate of drug-likeness (QED) is 0.480. The Kier molecular flexibility index (Phi) is 8.15. The highest BCUT2D eigenvalue weighted by molar-refractivity contribution is 7.09. The lowest BCUT2D eigenvalue weighted by atomic mass is 10.2. The molecule has 1 aromatic heterocycles. The topological polar surface area (TPSA) is 83.6 Å². The third kappa shape index (κ3) is 6.52. The molecule has 32 heavy (non-hydrogen) atoms. The van der Waals surface area contributed by atoms with Crippen LogP contribution < -0.4 is 20.5 Å². The Hall–Kier alpha value is -3.46. The van der Waals surface area contributed by atoms with Gasteiger partial charge in [0.05, 0.1) is 12.1 Å². The van der Waals surface area contributed by atoms with Crippen LogP contribution in [0.25, 0.3) is 0 Å². The van der Waals surface area contributed by atoms with Crippen molar-refractivity contribution in [3.63, 3.8) is 0 Å². The molecular formula is C23H25FN4O3S. The molecule has 0 fully saturated rings. The van der Waals surface area contributed by atoms with Crippen LogP contribution in [0, 0.1) is 5.82 Å². The van der Waals surface area contributed by atoms with E-state index in [4.69, 9.17) is 4.74 Å². The fourth-order valence-corrected chi connectivity index (χ4v) is 3.70. The zero-order chi connectivity index (χ0) is 22.9. The van der Waals surface area contributed by atoms with Gasteiger partial charge in [-0.15, -0.1) is 11.3 Å². The van der Waals surface area contributed by atoms with Gasteiger partial charge in [-0.2, -0.15) is 0 Å². The highest BCUT2D eigenvalue weighted by Gasteiger charge is 2.11. The highest BCUT2D eigenvalue weighted by atomic mass is 32.1.